The number of rotatable bonds is 3. The van der Waals surface area contributed by atoms with Crippen LogP contribution in [-0.4, -0.2) is 47.4 Å². The maximum Gasteiger partial charge on any atom is 0.327 e. The molecule has 15 heavy (non-hydrogen) atoms. The molecule has 1 unspecified atom stereocenters. The Labute approximate surface area is 89.2 Å². The molecule has 0 aromatic rings. The fraction of sp³-hybridized carbons (Fsp3) is 0.800. The lowest BCUT2D eigenvalue weighted by Gasteiger charge is -2.36. The van der Waals surface area contributed by atoms with E-state index in [-0.39, 0.29) is 18.5 Å². The molecular weight excluding hydrogens is 194 g/mol. The van der Waals surface area contributed by atoms with Gasteiger partial charge in [0.2, 0.25) is 0 Å². The molecule has 1 aliphatic carbocycles. The summed E-state index contributed by atoms with van der Waals surface area (Å²) in [5, 5.41) is 0. The van der Waals surface area contributed by atoms with E-state index in [4.69, 9.17) is 5.73 Å². The normalized spacial score (nSPS) is 26.1. The van der Waals surface area contributed by atoms with Gasteiger partial charge in [0, 0.05) is 13.6 Å². The molecule has 0 aromatic heterocycles. The smallest absolute Gasteiger partial charge is 0.327 e. The molecule has 1 aliphatic heterocycles. The van der Waals surface area contributed by atoms with Crippen LogP contribution in [0.3, 0.4) is 0 Å². The van der Waals surface area contributed by atoms with Crippen LogP contribution in [0.15, 0.2) is 0 Å². The summed E-state index contributed by atoms with van der Waals surface area (Å²) >= 11 is 0. The minimum atomic E-state index is -0.473. The van der Waals surface area contributed by atoms with Gasteiger partial charge in [0.1, 0.15) is 6.54 Å². The fourth-order valence-electron chi connectivity index (χ4n) is 2.27. The Morgan fingerprint density at radius 2 is 2.07 bits per heavy atom. The van der Waals surface area contributed by atoms with Crippen molar-refractivity contribution < 1.29 is 9.59 Å². The van der Waals surface area contributed by atoms with Crippen molar-refractivity contribution in [1.29, 1.82) is 0 Å². The molecule has 5 nitrogen and oxygen atoms in total. The quantitative estimate of drug-likeness (QED) is 0.669. The maximum absolute atomic E-state index is 11.8. The summed E-state index contributed by atoms with van der Waals surface area (Å²) in [5.74, 6) is 0.268. The van der Waals surface area contributed by atoms with E-state index in [0.717, 1.165) is 12.8 Å². The van der Waals surface area contributed by atoms with Crippen molar-refractivity contribution in [1.82, 2.24) is 9.80 Å². The first-order valence-corrected chi connectivity index (χ1v) is 5.29. The molecule has 1 saturated carbocycles. The molecule has 2 rings (SSSR count). The van der Waals surface area contributed by atoms with Gasteiger partial charge < -0.3 is 10.6 Å². The van der Waals surface area contributed by atoms with E-state index in [2.05, 4.69) is 0 Å². The Balaban J connectivity index is 2.28. The highest BCUT2D eigenvalue weighted by atomic mass is 16.2. The lowest BCUT2D eigenvalue weighted by Crippen LogP contribution is -2.56. The molecule has 0 radical (unpaired) electrons. The zero-order valence-corrected chi connectivity index (χ0v) is 9.19. The van der Waals surface area contributed by atoms with Gasteiger partial charge in [-0.25, -0.2) is 4.79 Å². The molecule has 1 heterocycles. The van der Waals surface area contributed by atoms with Crippen LogP contribution in [0.4, 0.5) is 4.79 Å². The van der Waals surface area contributed by atoms with Gasteiger partial charge in [-0.1, -0.05) is 0 Å². The van der Waals surface area contributed by atoms with Crippen LogP contribution >= 0.6 is 0 Å². The van der Waals surface area contributed by atoms with Crippen LogP contribution in [0.25, 0.3) is 0 Å². The van der Waals surface area contributed by atoms with Gasteiger partial charge >= 0.3 is 6.03 Å². The van der Waals surface area contributed by atoms with E-state index >= 15 is 0 Å². The number of carbonyl (C=O) groups excluding carboxylic acids is 2. The van der Waals surface area contributed by atoms with Crippen LogP contribution in [0.2, 0.25) is 0 Å². The average Bonchev–Trinajstić information content (AvgIpc) is 2.97. The number of carbonyl (C=O) groups is 2. The van der Waals surface area contributed by atoms with Crippen molar-refractivity contribution in [3.05, 3.63) is 0 Å². The largest absolute Gasteiger partial charge is 0.328 e. The summed E-state index contributed by atoms with van der Waals surface area (Å²) in [5.41, 5.74) is 5.26. The summed E-state index contributed by atoms with van der Waals surface area (Å²) in [6, 6.07) is -0.208. The highest BCUT2D eigenvalue weighted by Crippen LogP contribution is 2.43. The number of urea groups is 1. The number of amides is 3. The number of hydrogen-bond acceptors (Lipinski definition) is 3. The summed E-state index contributed by atoms with van der Waals surface area (Å²) in [7, 11) is 1.64. The minimum absolute atomic E-state index is 0.123. The molecular formula is C10H17N3O2. The lowest BCUT2D eigenvalue weighted by atomic mass is 9.94. The van der Waals surface area contributed by atoms with Gasteiger partial charge in [0.15, 0.2) is 0 Å². The Morgan fingerprint density at radius 3 is 2.40 bits per heavy atom. The molecule has 2 fully saturated rings. The third kappa shape index (κ3) is 1.42. The van der Waals surface area contributed by atoms with Crippen LogP contribution in [0.1, 0.15) is 19.8 Å². The number of likely N-dealkylation sites (N-methyl/N-ethyl adjacent to an activating group) is 1. The van der Waals surface area contributed by atoms with Crippen molar-refractivity contribution >= 4 is 11.9 Å². The predicted octanol–water partition coefficient (Wildman–Crippen LogP) is 0.00780. The second-order valence-corrected chi connectivity index (χ2v) is 4.70. The van der Waals surface area contributed by atoms with Crippen LogP contribution < -0.4 is 5.73 Å². The van der Waals surface area contributed by atoms with Crippen molar-refractivity contribution in [2.24, 2.45) is 11.7 Å². The molecule has 2 N–H and O–H groups in total. The Kier molecular flexibility index (Phi) is 2.22. The van der Waals surface area contributed by atoms with Gasteiger partial charge in [-0.15, -0.1) is 0 Å². The van der Waals surface area contributed by atoms with E-state index in [1.165, 1.54) is 9.80 Å². The van der Waals surface area contributed by atoms with E-state index in [9.17, 15) is 9.59 Å². The third-order valence-electron chi connectivity index (χ3n) is 3.52. The molecule has 84 valence electrons. The number of nitrogens with two attached hydrogens (primary N) is 1. The van der Waals surface area contributed by atoms with Crippen molar-refractivity contribution in [2.75, 3.05) is 20.1 Å². The summed E-state index contributed by atoms with van der Waals surface area (Å²) in [4.78, 5) is 26.4. The standard InChI is InChI=1S/C10H17N3O2/c1-10(6-11,7-3-4-7)13-8(14)5-12(2)9(13)15/h7H,3-6,11H2,1-2H3. The topological polar surface area (TPSA) is 66.6 Å². The molecule has 1 saturated heterocycles. The van der Waals surface area contributed by atoms with Crippen LogP contribution in [0, 0.1) is 5.92 Å². The second kappa shape index (κ2) is 3.20. The minimum Gasteiger partial charge on any atom is -0.328 e. The first-order valence-electron chi connectivity index (χ1n) is 5.29. The van der Waals surface area contributed by atoms with E-state index in [0.29, 0.717) is 12.5 Å². The van der Waals surface area contributed by atoms with Gasteiger partial charge in [-0.05, 0) is 25.7 Å². The molecule has 2 aliphatic rings. The summed E-state index contributed by atoms with van der Waals surface area (Å²) < 4.78 is 0. The number of imide groups is 1. The van der Waals surface area contributed by atoms with Crippen LogP contribution in [-0.2, 0) is 4.79 Å². The molecule has 0 spiro atoms. The van der Waals surface area contributed by atoms with Crippen molar-refractivity contribution in [3.8, 4) is 0 Å². The van der Waals surface area contributed by atoms with Crippen molar-refractivity contribution in [3.63, 3.8) is 0 Å². The van der Waals surface area contributed by atoms with Gasteiger partial charge in [-0.3, -0.25) is 9.69 Å². The zero-order valence-electron chi connectivity index (χ0n) is 9.19. The Bertz CT molecular complexity index is 314. The maximum atomic E-state index is 11.8. The summed E-state index contributed by atoms with van der Waals surface area (Å²) in [6.07, 6.45) is 2.13. The molecule has 5 heteroatoms. The number of nitrogens with zero attached hydrogens (tertiary/aromatic N) is 2. The van der Waals surface area contributed by atoms with Gasteiger partial charge in [0.05, 0.1) is 5.54 Å². The lowest BCUT2D eigenvalue weighted by molar-refractivity contribution is -0.129. The SMILES string of the molecule is CN1CC(=O)N(C(C)(CN)C2CC2)C1=O. The monoisotopic (exact) mass is 211 g/mol. The molecule has 3 amide bonds. The van der Waals surface area contributed by atoms with Crippen LogP contribution in [0.5, 0.6) is 0 Å². The third-order valence-corrected chi connectivity index (χ3v) is 3.52. The first kappa shape index (κ1) is 10.4. The molecule has 0 aromatic carbocycles. The van der Waals surface area contributed by atoms with Crippen molar-refractivity contribution in [2.45, 2.75) is 25.3 Å². The highest BCUT2D eigenvalue weighted by molar-refractivity contribution is 6.02. The Hall–Kier alpha value is -1.10. The van der Waals surface area contributed by atoms with Gasteiger partial charge in [-0.2, -0.15) is 0 Å². The predicted molar refractivity (Wildman–Crippen MR) is 55.1 cm³/mol. The molecule has 1 atom stereocenters. The average molecular weight is 211 g/mol. The second-order valence-electron chi connectivity index (χ2n) is 4.70. The first-order chi connectivity index (χ1) is 7.00. The van der Waals surface area contributed by atoms with E-state index in [1.54, 1.807) is 7.05 Å². The number of hydrogen-bond donors (Lipinski definition) is 1. The highest BCUT2D eigenvalue weighted by Gasteiger charge is 2.52. The zero-order chi connectivity index (χ0) is 11.2. The van der Waals surface area contributed by atoms with Gasteiger partial charge in [0.25, 0.3) is 5.91 Å². The summed E-state index contributed by atoms with van der Waals surface area (Å²) in [6.45, 7) is 2.45. The van der Waals surface area contributed by atoms with E-state index < -0.39 is 5.54 Å². The fourth-order valence-corrected chi connectivity index (χ4v) is 2.27. The Morgan fingerprint density at radius 1 is 1.47 bits per heavy atom. The van der Waals surface area contributed by atoms with E-state index in [1.807, 2.05) is 6.92 Å². The molecule has 0 bridgehead atoms.